The molecule has 0 heterocycles. The number of carbonyl (C=O) groups excluding carboxylic acids is 3. The van der Waals surface area contributed by atoms with E-state index in [9.17, 15) is 33.6 Å². The average Bonchev–Trinajstić information content (AvgIpc) is 2.58. The molecule has 168 valence electrons. The Labute approximate surface area is 171 Å². The molecule has 0 bridgehead atoms. The van der Waals surface area contributed by atoms with Crippen molar-refractivity contribution in [3.8, 4) is 0 Å². The van der Waals surface area contributed by atoms with Crippen LogP contribution in [0.4, 0.5) is 0 Å². The molecule has 1 amide bonds. The van der Waals surface area contributed by atoms with Crippen molar-refractivity contribution in [2.75, 3.05) is 0 Å². The molecule has 0 aliphatic heterocycles. The molecule has 0 aromatic rings. The first-order chi connectivity index (χ1) is 13.7. The molecule has 5 N–H and O–H groups in total. The van der Waals surface area contributed by atoms with Crippen LogP contribution in [0.3, 0.4) is 0 Å². The van der Waals surface area contributed by atoms with Crippen LogP contribution < -0.4 is 5.32 Å². The Bertz CT molecular complexity index is 715. The van der Waals surface area contributed by atoms with Gasteiger partial charge in [0.25, 0.3) is 0 Å². The Balaban J connectivity index is 5.12. The predicted molar refractivity (Wildman–Crippen MR) is 97.4 cm³/mol. The predicted octanol–water partition coefficient (Wildman–Crippen LogP) is -0.213. The Morgan fingerprint density at radius 2 is 1.07 bits per heavy atom. The van der Waals surface area contributed by atoms with Gasteiger partial charge in [0.1, 0.15) is 5.78 Å². The summed E-state index contributed by atoms with van der Waals surface area (Å²) in [6.07, 6.45) is -3.24. The molecular weight excluding hydrogens is 406 g/mol. The smallest absolute Gasteiger partial charge is 0.307 e. The SMILES string of the molecule is C[C@H](NC(=O)[C@H](CC(=O)O)CC(=O)[C@@H](C)CC(=O)O)C(=O)C[C@@H](CC(=O)O)C(=O)O. The van der Waals surface area contributed by atoms with Crippen molar-refractivity contribution in [1.29, 1.82) is 0 Å². The van der Waals surface area contributed by atoms with Gasteiger partial charge in [-0.15, -0.1) is 0 Å². The van der Waals surface area contributed by atoms with Crippen molar-refractivity contribution in [1.82, 2.24) is 5.32 Å². The second kappa shape index (κ2) is 12.3. The first kappa shape index (κ1) is 26.7. The zero-order valence-corrected chi connectivity index (χ0v) is 16.5. The summed E-state index contributed by atoms with van der Waals surface area (Å²) >= 11 is 0. The van der Waals surface area contributed by atoms with E-state index in [1.165, 1.54) is 13.8 Å². The van der Waals surface area contributed by atoms with Gasteiger partial charge in [-0.3, -0.25) is 33.6 Å². The molecule has 0 spiro atoms. The van der Waals surface area contributed by atoms with Crippen LogP contribution in [-0.2, 0) is 33.6 Å². The van der Waals surface area contributed by atoms with E-state index in [0.717, 1.165) is 0 Å². The van der Waals surface area contributed by atoms with Gasteiger partial charge in [-0.2, -0.15) is 0 Å². The minimum atomic E-state index is -1.50. The van der Waals surface area contributed by atoms with Crippen molar-refractivity contribution < 1.29 is 54.0 Å². The number of ketones is 2. The highest BCUT2D eigenvalue weighted by molar-refractivity contribution is 5.95. The van der Waals surface area contributed by atoms with Crippen molar-refractivity contribution >= 4 is 41.4 Å². The monoisotopic (exact) mass is 431 g/mol. The maximum absolute atomic E-state index is 12.4. The van der Waals surface area contributed by atoms with Gasteiger partial charge in [-0.1, -0.05) is 6.92 Å². The fourth-order valence-corrected chi connectivity index (χ4v) is 2.58. The molecule has 4 atom stereocenters. The second-order valence-corrected chi connectivity index (χ2v) is 7.00. The van der Waals surface area contributed by atoms with Crippen LogP contribution in [0.15, 0.2) is 0 Å². The second-order valence-electron chi connectivity index (χ2n) is 7.00. The number of carboxylic acids is 4. The summed E-state index contributed by atoms with van der Waals surface area (Å²) in [7, 11) is 0. The molecule has 0 aromatic carbocycles. The van der Waals surface area contributed by atoms with E-state index in [4.69, 9.17) is 20.4 Å². The number of rotatable bonds is 15. The highest BCUT2D eigenvalue weighted by atomic mass is 16.4. The maximum atomic E-state index is 12.4. The highest BCUT2D eigenvalue weighted by Gasteiger charge is 2.31. The molecule has 30 heavy (non-hydrogen) atoms. The third kappa shape index (κ3) is 10.3. The van der Waals surface area contributed by atoms with E-state index in [0.29, 0.717) is 0 Å². The van der Waals surface area contributed by atoms with Crippen molar-refractivity contribution in [3.05, 3.63) is 0 Å². The lowest BCUT2D eigenvalue weighted by Gasteiger charge is -2.20. The molecule has 12 heteroatoms. The van der Waals surface area contributed by atoms with Crippen LogP contribution in [0.1, 0.15) is 46.0 Å². The van der Waals surface area contributed by atoms with Gasteiger partial charge in [0.15, 0.2) is 5.78 Å². The molecule has 0 aliphatic rings. The van der Waals surface area contributed by atoms with E-state index in [1.54, 1.807) is 0 Å². The lowest BCUT2D eigenvalue weighted by atomic mass is 9.90. The van der Waals surface area contributed by atoms with E-state index in [1.807, 2.05) is 0 Å². The van der Waals surface area contributed by atoms with Crippen molar-refractivity contribution in [3.63, 3.8) is 0 Å². The Morgan fingerprint density at radius 3 is 1.50 bits per heavy atom. The summed E-state index contributed by atoms with van der Waals surface area (Å²) < 4.78 is 0. The topological polar surface area (TPSA) is 212 Å². The first-order valence-electron chi connectivity index (χ1n) is 8.98. The Hall–Kier alpha value is -3.31. The molecule has 0 saturated carbocycles. The van der Waals surface area contributed by atoms with E-state index in [2.05, 4.69) is 5.32 Å². The van der Waals surface area contributed by atoms with Crippen LogP contribution in [0, 0.1) is 17.8 Å². The number of carbonyl (C=O) groups is 7. The summed E-state index contributed by atoms with van der Waals surface area (Å²) in [5, 5.41) is 37.6. The number of hydrogen-bond donors (Lipinski definition) is 5. The van der Waals surface area contributed by atoms with Gasteiger partial charge < -0.3 is 25.7 Å². The number of carboxylic acid groups (broad SMARTS) is 4. The molecule has 0 aliphatic carbocycles. The van der Waals surface area contributed by atoms with Crippen LogP contribution >= 0.6 is 0 Å². The van der Waals surface area contributed by atoms with Gasteiger partial charge >= 0.3 is 23.9 Å². The van der Waals surface area contributed by atoms with Crippen LogP contribution in [0.25, 0.3) is 0 Å². The zero-order valence-electron chi connectivity index (χ0n) is 16.5. The average molecular weight is 431 g/mol. The number of Topliss-reactive ketones (excluding diaryl/α,β-unsaturated/α-hetero) is 2. The fraction of sp³-hybridized carbons (Fsp3) is 0.611. The van der Waals surface area contributed by atoms with Crippen LogP contribution in [0.5, 0.6) is 0 Å². The Morgan fingerprint density at radius 1 is 0.633 bits per heavy atom. The normalized spacial score (nSPS) is 14.6. The lowest BCUT2D eigenvalue weighted by molar-refractivity contribution is -0.149. The minimum Gasteiger partial charge on any atom is -0.481 e. The van der Waals surface area contributed by atoms with E-state index < -0.39 is 97.3 Å². The molecule has 12 nitrogen and oxygen atoms in total. The number of hydrogen-bond acceptors (Lipinski definition) is 7. The maximum Gasteiger partial charge on any atom is 0.307 e. The third-order valence-electron chi connectivity index (χ3n) is 4.33. The van der Waals surface area contributed by atoms with Crippen LogP contribution in [0.2, 0.25) is 0 Å². The Kier molecular flexibility index (Phi) is 10.9. The number of aliphatic carboxylic acids is 4. The third-order valence-corrected chi connectivity index (χ3v) is 4.33. The summed E-state index contributed by atoms with van der Waals surface area (Å²) in [4.78, 5) is 80.1. The van der Waals surface area contributed by atoms with E-state index >= 15 is 0 Å². The molecule has 0 aromatic heterocycles. The van der Waals surface area contributed by atoms with Gasteiger partial charge in [-0.05, 0) is 6.92 Å². The minimum absolute atomic E-state index is 0.491. The summed E-state index contributed by atoms with van der Waals surface area (Å²) in [5.74, 6) is -11.7. The standard InChI is InChI=1S/C18H25NO11/c1-8(3-14(22)23)12(20)4-10(6-15(24)25)17(28)19-9(2)13(21)5-11(18(29)30)7-16(26)27/h8-11H,3-7H2,1-2H3,(H,19,28)(H,22,23)(H,24,25)(H,26,27)(H,29,30)/t8-,9-,10-,11-/m0/s1. The van der Waals surface area contributed by atoms with Gasteiger partial charge in [0.05, 0.1) is 37.1 Å². The van der Waals surface area contributed by atoms with E-state index in [-0.39, 0.29) is 0 Å². The summed E-state index contributed by atoms with van der Waals surface area (Å²) in [6, 6.07) is -1.25. The van der Waals surface area contributed by atoms with Crippen molar-refractivity contribution in [2.45, 2.75) is 52.0 Å². The highest BCUT2D eigenvalue weighted by Crippen LogP contribution is 2.17. The molecule has 0 radical (unpaired) electrons. The molecule has 0 fully saturated rings. The molecule has 0 unspecified atom stereocenters. The summed E-state index contributed by atoms with van der Waals surface area (Å²) in [6.45, 7) is 2.54. The van der Waals surface area contributed by atoms with Gasteiger partial charge in [0.2, 0.25) is 5.91 Å². The molecule has 0 saturated heterocycles. The van der Waals surface area contributed by atoms with Crippen LogP contribution in [-0.4, -0.2) is 67.8 Å². The first-order valence-corrected chi connectivity index (χ1v) is 8.98. The quantitative estimate of drug-likeness (QED) is 0.229. The fourth-order valence-electron chi connectivity index (χ4n) is 2.58. The van der Waals surface area contributed by atoms with Gasteiger partial charge in [0, 0.05) is 18.8 Å². The largest absolute Gasteiger partial charge is 0.481 e. The number of nitrogens with one attached hydrogen (secondary N) is 1. The lowest BCUT2D eigenvalue weighted by Crippen LogP contribution is -2.44. The molecule has 0 rings (SSSR count). The number of amides is 1. The van der Waals surface area contributed by atoms with Crippen molar-refractivity contribution in [2.24, 2.45) is 17.8 Å². The summed E-state index contributed by atoms with van der Waals surface area (Å²) in [5.41, 5.74) is 0. The van der Waals surface area contributed by atoms with Gasteiger partial charge in [-0.25, -0.2) is 0 Å². The molecular formula is C18H25NO11. The zero-order chi connectivity index (χ0) is 23.6.